The molecular weight excluding hydrogens is 330 g/mol. The van der Waals surface area contributed by atoms with Crippen LogP contribution < -0.4 is 10.6 Å². The molecule has 1 heterocycles. The van der Waals surface area contributed by atoms with Crippen LogP contribution in [0.5, 0.6) is 0 Å². The zero-order chi connectivity index (χ0) is 18.2. The fraction of sp³-hybridized carbons (Fsp3) is 0.300. The Hall–Kier alpha value is -2.86. The fourth-order valence-corrected chi connectivity index (χ4v) is 2.88. The summed E-state index contributed by atoms with van der Waals surface area (Å²) < 4.78 is 5.28. The molecule has 3 rings (SSSR count). The van der Waals surface area contributed by atoms with Crippen LogP contribution in [-0.4, -0.2) is 43.1 Å². The maximum absolute atomic E-state index is 12.9. The van der Waals surface area contributed by atoms with Crippen molar-refractivity contribution in [3.63, 3.8) is 0 Å². The molecule has 1 fully saturated rings. The molecule has 0 unspecified atom stereocenters. The largest absolute Gasteiger partial charge is 0.445 e. The summed E-state index contributed by atoms with van der Waals surface area (Å²) in [6.45, 7) is 2.93. The lowest BCUT2D eigenvalue weighted by atomic mass is 10.1. The zero-order valence-electron chi connectivity index (χ0n) is 14.6. The molecule has 0 bridgehead atoms. The molecule has 6 nitrogen and oxygen atoms in total. The minimum atomic E-state index is -0.752. The number of ether oxygens (including phenoxy) is 1. The molecule has 0 aromatic heterocycles. The summed E-state index contributed by atoms with van der Waals surface area (Å²) in [6.07, 6.45) is -0.605. The molecule has 136 valence electrons. The standard InChI is InChI=1S/C20H23N3O3/c24-19(23-13-11-21-12-14-23)18(17-9-5-2-6-10-17)22-20(25)26-15-16-7-3-1-4-8-16/h1-10,18,21H,11-15H2,(H,22,25)/t18-/m1/s1. The second-order valence-corrected chi connectivity index (χ2v) is 6.13. The smallest absolute Gasteiger partial charge is 0.408 e. The van der Waals surface area contributed by atoms with Gasteiger partial charge in [-0.25, -0.2) is 4.79 Å². The highest BCUT2D eigenvalue weighted by Crippen LogP contribution is 2.17. The van der Waals surface area contributed by atoms with Crippen LogP contribution >= 0.6 is 0 Å². The van der Waals surface area contributed by atoms with Gasteiger partial charge in [0.15, 0.2) is 0 Å². The van der Waals surface area contributed by atoms with Crippen molar-refractivity contribution in [2.24, 2.45) is 0 Å². The average Bonchev–Trinajstić information content (AvgIpc) is 2.72. The lowest BCUT2D eigenvalue weighted by Gasteiger charge is -2.31. The molecule has 1 aliphatic rings. The van der Waals surface area contributed by atoms with Gasteiger partial charge in [-0.1, -0.05) is 60.7 Å². The lowest BCUT2D eigenvalue weighted by Crippen LogP contribution is -2.50. The minimum absolute atomic E-state index is 0.116. The van der Waals surface area contributed by atoms with Crippen LogP contribution in [0.25, 0.3) is 0 Å². The van der Waals surface area contributed by atoms with Crippen molar-refractivity contribution in [3.8, 4) is 0 Å². The molecule has 6 heteroatoms. The van der Waals surface area contributed by atoms with E-state index in [1.807, 2.05) is 60.7 Å². The molecule has 1 saturated heterocycles. The molecule has 1 atom stereocenters. The summed E-state index contributed by atoms with van der Waals surface area (Å²) in [5, 5.41) is 5.95. The van der Waals surface area contributed by atoms with E-state index < -0.39 is 12.1 Å². The summed E-state index contributed by atoms with van der Waals surface area (Å²) in [4.78, 5) is 27.0. The summed E-state index contributed by atoms with van der Waals surface area (Å²) in [7, 11) is 0. The summed E-state index contributed by atoms with van der Waals surface area (Å²) in [5.74, 6) is -0.116. The number of rotatable bonds is 5. The van der Waals surface area contributed by atoms with Crippen LogP contribution in [0.3, 0.4) is 0 Å². The van der Waals surface area contributed by atoms with Gasteiger partial charge in [0.05, 0.1) is 0 Å². The minimum Gasteiger partial charge on any atom is -0.445 e. The number of hydrogen-bond donors (Lipinski definition) is 2. The monoisotopic (exact) mass is 353 g/mol. The van der Waals surface area contributed by atoms with E-state index in [2.05, 4.69) is 10.6 Å². The Labute approximate surface area is 153 Å². The van der Waals surface area contributed by atoms with Crippen LogP contribution in [-0.2, 0) is 16.1 Å². The summed E-state index contributed by atoms with van der Waals surface area (Å²) >= 11 is 0. The van der Waals surface area contributed by atoms with Crippen molar-refractivity contribution in [3.05, 3.63) is 71.8 Å². The molecule has 2 aromatic carbocycles. The van der Waals surface area contributed by atoms with Gasteiger partial charge in [-0.3, -0.25) is 4.79 Å². The highest BCUT2D eigenvalue weighted by molar-refractivity contribution is 5.87. The normalized spacial score (nSPS) is 15.2. The van der Waals surface area contributed by atoms with Crippen LogP contribution in [0.15, 0.2) is 60.7 Å². The van der Waals surface area contributed by atoms with E-state index >= 15 is 0 Å². The second kappa shape index (κ2) is 9.01. The lowest BCUT2D eigenvalue weighted by molar-refractivity contribution is -0.134. The van der Waals surface area contributed by atoms with E-state index in [0.717, 1.165) is 24.2 Å². The van der Waals surface area contributed by atoms with Crippen molar-refractivity contribution in [2.75, 3.05) is 26.2 Å². The second-order valence-electron chi connectivity index (χ2n) is 6.13. The Bertz CT molecular complexity index is 716. The van der Waals surface area contributed by atoms with Gasteiger partial charge < -0.3 is 20.3 Å². The van der Waals surface area contributed by atoms with Gasteiger partial charge in [-0.15, -0.1) is 0 Å². The van der Waals surface area contributed by atoms with Crippen LogP contribution in [0.4, 0.5) is 4.79 Å². The molecule has 1 aliphatic heterocycles. The number of benzene rings is 2. The van der Waals surface area contributed by atoms with E-state index in [1.54, 1.807) is 4.90 Å². The zero-order valence-corrected chi connectivity index (χ0v) is 14.6. The Morgan fingerprint density at radius 1 is 1.00 bits per heavy atom. The molecule has 0 aliphatic carbocycles. The summed E-state index contributed by atoms with van der Waals surface area (Å²) in [5.41, 5.74) is 1.64. The first-order valence-corrected chi connectivity index (χ1v) is 8.76. The van der Waals surface area contributed by atoms with Crippen molar-refractivity contribution < 1.29 is 14.3 Å². The maximum atomic E-state index is 12.9. The third-order valence-electron chi connectivity index (χ3n) is 4.28. The predicted molar refractivity (Wildman–Crippen MR) is 98.4 cm³/mol. The topological polar surface area (TPSA) is 70.7 Å². The Morgan fingerprint density at radius 2 is 1.62 bits per heavy atom. The van der Waals surface area contributed by atoms with Gasteiger partial charge in [-0.05, 0) is 11.1 Å². The van der Waals surface area contributed by atoms with Crippen molar-refractivity contribution in [1.29, 1.82) is 0 Å². The van der Waals surface area contributed by atoms with Gasteiger partial charge in [0.2, 0.25) is 5.91 Å². The number of alkyl carbamates (subject to hydrolysis) is 1. The average molecular weight is 353 g/mol. The molecule has 26 heavy (non-hydrogen) atoms. The number of nitrogens with one attached hydrogen (secondary N) is 2. The molecule has 0 radical (unpaired) electrons. The first-order valence-electron chi connectivity index (χ1n) is 8.76. The molecule has 0 saturated carbocycles. The van der Waals surface area contributed by atoms with E-state index in [-0.39, 0.29) is 12.5 Å². The fourth-order valence-electron chi connectivity index (χ4n) is 2.88. The van der Waals surface area contributed by atoms with Crippen LogP contribution in [0, 0.1) is 0 Å². The molecule has 2 aromatic rings. The molecule has 2 amide bonds. The van der Waals surface area contributed by atoms with E-state index in [1.165, 1.54) is 0 Å². The Kier molecular flexibility index (Phi) is 6.22. The first-order chi connectivity index (χ1) is 12.7. The van der Waals surface area contributed by atoms with Crippen molar-refractivity contribution >= 4 is 12.0 Å². The number of carbonyl (C=O) groups excluding carboxylic acids is 2. The maximum Gasteiger partial charge on any atom is 0.408 e. The Morgan fingerprint density at radius 3 is 2.27 bits per heavy atom. The quantitative estimate of drug-likeness (QED) is 0.863. The predicted octanol–water partition coefficient (Wildman–Crippen LogP) is 2.09. The highest BCUT2D eigenvalue weighted by atomic mass is 16.5. The number of piperazine rings is 1. The van der Waals surface area contributed by atoms with Gasteiger partial charge >= 0.3 is 6.09 Å². The van der Waals surface area contributed by atoms with Gasteiger partial charge in [0, 0.05) is 26.2 Å². The van der Waals surface area contributed by atoms with Crippen molar-refractivity contribution in [2.45, 2.75) is 12.6 Å². The van der Waals surface area contributed by atoms with Crippen molar-refractivity contribution in [1.82, 2.24) is 15.5 Å². The van der Waals surface area contributed by atoms with E-state index in [0.29, 0.717) is 13.1 Å². The Balaban J connectivity index is 1.67. The number of nitrogens with zero attached hydrogens (tertiary/aromatic N) is 1. The SMILES string of the molecule is O=C(N[C@@H](C(=O)N1CCNCC1)c1ccccc1)OCc1ccccc1. The van der Waals surface area contributed by atoms with Gasteiger partial charge in [-0.2, -0.15) is 0 Å². The highest BCUT2D eigenvalue weighted by Gasteiger charge is 2.28. The van der Waals surface area contributed by atoms with Crippen LogP contribution in [0.1, 0.15) is 17.2 Å². The number of carbonyl (C=O) groups is 2. The number of amides is 2. The van der Waals surface area contributed by atoms with E-state index in [4.69, 9.17) is 4.74 Å². The van der Waals surface area contributed by atoms with Gasteiger partial charge in [0.25, 0.3) is 0 Å². The summed E-state index contributed by atoms with van der Waals surface area (Å²) in [6, 6.07) is 17.9. The van der Waals surface area contributed by atoms with E-state index in [9.17, 15) is 9.59 Å². The molecule has 2 N–H and O–H groups in total. The van der Waals surface area contributed by atoms with Crippen LogP contribution in [0.2, 0.25) is 0 Å². The molecule has 0 spiro atoms. The molecular formula is C20H23N3O3. The third-order valence-corrected chi connectivity index (χ3v) is 4.28. The third kappa shape index (κ3) is 4.83. The first kappa shape index (κ1) is 17.9. The number of hydrogen-bond acceptors (Lipinski definition) is 4. The van der Waals surface area contributed by atoms with Gasteiger partial charge in [0.1, 0.15) is 12.6 Å².